The van der Waals surface area contributed by atoms with E-state index in [-0.39, 0.29) is 17.2 Å². The number of aromatic nitrogens is 2. The summed E-state index contributed by atoms with van der Waals surface area (Å²) in [6.07, 6.45) is 1.59. The highest BCUT2D eigenvalue weighted by Crippen LogP contribution is 2.16. The first kappa shape index (κ1) is 10.2. The molecule has 0 radical (unpaired) electrons. The molecule has 80 valence electrons. The van der Waals surface area contributed by atoms with E-state index in [9.17, 15) is 4.79 Å². The molecule has 1 unspecified atom stereocenters. The van der Waals surface area contributed by atoms with E-state index in [2.05, 4.69) is 15.3 Å². The highest BCUT2D eigenvalue weighted by Gasteiger charge is 2.26. The van der Waals surface area contributed by atoms with Crippen LogP contribution in [0.15, 0.2) is 12.3 Å². The maximum atomic E-state index is 11.4. The van der Waals surface area contributed by atoms with Crippen molar-refractivity contribution >= 4 is 23.3 Å². The average molecular weight is 227 g/mol. The first-order valence-electron chi connectivity index (χ1n) is 4.71. The fourth-order valence-corrected chi connectivity index (χ4v) is 1.72. The number of piperazine rings is 1. The molecule has 2 heterocycles. The summed E-state index contributed by atoms with van der Waals surface area (Å²) < 4.78 is 0. The molecule has 1 amide bonds. The zero-order valence-electron chi connectivity index (χ0n) is 8.27. The van der Waals surface area contributed by atoms with Gasteiger partial charge in [0.2, 0.25) is 11.2 Å². The van der Waals surface area contributed by atoms with Gasteiger partial charge in [-0.15, -0.1) is 0 Å². The third-order valence-corrected chi connectivity index (χ3v) is 2.59. The summed E-state index contributed by atoms with van der Waals surface area (Å²) in [4.78, 5) is 21.2. The van der Waals surface area contributed by atoms with Crippen LogP contribution >= 0.6 is 11.6 Å². The molecule has 1 aliphatic rings. The number of hydrogen-bond donors (Lipinski definition) is 1. The van der Waals surface area contributed by atoms with Crippen LogP contribution < -0.4 is 10.2 Å². The van der Waals surface area contributed by atoms with Crippen molar-refractivity contribution in [2.45, 2.75) is 13.0 Å². The second-order valence-electron chi connectivity index (χ2n) is 3.34. The van der Waals surface area contributed by atoms with Gasteiger partial charge in [-0.1, -0.05) is 0 Å². The van der Waals surface area contributed by atoms with E-state index in [1.54, 1.807) is 12.3 Å². The van der Waals surface area contributed by atoms with Gasteiger partial charge in [-0.3, -0.25) is 4.79 Å². The Morgan fingerprint density at radius 1 is 1.67 bits per heavy atom. The van der Waals surface area contributed by atoms with Crippen molar-refractivity contribution in [2.75, 3.05) is 18.0 Å². The fourth-order valence-electron chi connectivity index (χ4n) is 1.58. The monoisotopic (exact) mass is 226 g/mol. The Bertz CT molecular complexity index is 384. The maximum absolute atomic E-state index is 11.4. The summed E-state index contributed by atoms with van der Waals surface area (Å²) in [5, 5.41) is 2.99. The molecule has 1 N–H and O–H groups in total. The first-order chi connectivity index (χ1) is 7.18. The van der Waals surface area contributed by atoms with Gasteiger partial charge in [0.15, 0.2) is 0 Å². The number of amides is 1. The molecule has 2 rings (SSSR count). The molecule has 1 aromatic heterocycles. The lowest BCUT2D eigenvalue weighted by Gasteiger charge is -2.33. The molecule has 1 aliphatic heterocycles. The fraction of sp³-hybridized carbons (Fsp3) is 0.444. The van der Waals surface area contributed by atoms with E-state index in [4.69, 9.17) is 11.6 Å². The number of rotatable bonds is 1. The van der Waals surface area contributed by atoms with Gasteiger partial charge in [-0.05, 0) is 24.6 Å². The van der Waals surface area contributed by atoms with Crippen LogP contribution in [-0.2, 0) is 4.79 Å². The van der Waals surface area contributed by atoms with Crippen molar-refractivity contribution in [3.63, 3.8) is 0 Å². The summed E-state index contributed by atoms with van der Waals surface area (Å²) >= 11 is 5.70. The Kier molecular flexibility index (Phi) is 2.73. The number of carbonyl (C=O) groups excluding carboxylic acids is 1. The number of halogens is 1. The van der Waals surface area contributed by atoms with Gasteiger partial charge in [0.1, 0.15) is 11.9 Å². The van der Waals surface area contributed by atoms with Crippen LogP contribution in [0.25, 0.3) is 0 Å². The van der Waals surface area contributed by atoms with Gasteiger partial charge in [0, 0.05) is 19.3 Å². The molecular formula is C9H11ClN4O. The Morgan fingerprint density at radius 3 is 3.20 bits per heavy atom. The zero-order valence-corrected chi connectivity index (χ0v) is 9.03. The SMILES string of the molecule is CC1C(=O)NCCN1c1ccnc(Cl)n1. The van der Waals surface area contributed by atoms with Gasteiger partial charge in [-0.25, -0.2) is 9.97 Å². The molecule has 1 aromatic rings. The summed E-state index contributed by atoms with van der Waals surface area (Å²) in [6.45, 7) is 3.20. The summed E-state index contributed by atoms with van der Waals surface area (Å²) in [6, 6.07) is 1.53. The smallest absolute Gasteiger partial charge is 0.242 e. The third-order valence-electron chi connectivity index (χ3n) is 2.40. The number of nitrogens with zero attached hydrogens (tertiary/aromatic N) is 3. The Balaban J connectivity index is 2.26. The largest absolute Gasteiger partial charge is 0.353 e. The third kappa shape index (κ3) is 2.02. The highest BCUT2D eigenvalue weighted by atomic mass is 35.5. The van der Waals surface area contributed by atoms with Crippen molar-refractivity contribution in [3.8, 4) is 0 Å². The topological polar surface area (TPSA) is 58.1 Å². The normalized spacial score (nSPS) is 21.3. The van der Waals surface area contributed by atoms with E-state index in [0.717, 1.165) is 6.54 Å². The van der Waals surface area contributed by atoms with Crippen LogP contribution in [0.3, 0.4) is 0 Å². The van der Waals surface area contributed by atoms with Gasteiger partial charge < -0.3 is 10.2 Å². The number of carbonyl (C=O) groups is 1. The zero-order chi connectivity index (χ0) is 10.8. The van der Waals surface area contributed by atoms with Gasteiger partial charge in [0.25, 0.3) is 0 Å². The van der Waals surface area contributed by atoms with Crippen molar-refractivity contribution < 1.29 is 4.79 Å². The first-order valence-corrected chi connectivity index (χ1v) is 5.09. The minimum Gasteiger partial charge on any atom is -0.353 e. The van der Waals surface area contributed by atoms with Crippen molar-refractivity contribution in [3.05, 3.63) is 17.5 Å². The average Bonchev–Trinajstić information content (AvgIpc) is 2.22. The summed E-state index contributed by atoms with van der Waals surface area (Å²) in [5.41, 5.74) is 0. The maximum Gasteiger partial charge on any atom is 0.242 e. The standard InChI is InChI=1S/C9H11ClN4O/c1-6-8(15)11-4-5-14(6)7-2-3-12-9(10)13-7/h2-3,6H,4-5H2,1H3,(H,11,15). The molecule has 1 saturated heterocycles. The van der Waals surface area contributed by atoms with Crippen LogP contribution in [0.2, 0.25) is 5.28 Å². The molecule has 15 heavy (non-hydrogen) atoms. The minimum absolute atomic E-state index is 0.0102. The molecule has 0 aliphatic carbocycles. The minimum atomic E-state index is -0.218. The molecule has 0 bridgehead atoms. The molecular weight excluding hydrogens is 216 g/mol. The Hall–Kier alpha value is -1.36. The van der Waals surface area contributed by atoms with Crippen LogP contribution in [0, 0.1) is 0 Å². The molecule has 0 aromatic carbocycles. The van der Waals surface area contributed by atoms with Gasteiger partial charge in [0.05, 0.1) is 0 Å². The summed E-state index contributed by atoms with van der Waals surface area (Å²) in [5.74, 6) is 0.702. The van der Waals surface area contributed by atoms with E-state index in [0.29, 0.717) is 12.4 Å². The van der Waals surface area contributed by atoms with E-state index < -0.39 is 0 Å². The second-order valence-corrected chi connectivity index (χ2v) is 3.68. The van der Waals surface area contributed by atoms with E-state index >= 15 is 0 Å². The highest BCUT2D eigenvalue weighted by molar-refractivity contribution is 6.28. The molecule has 0 saturated carbocycles. The van der Waals surface area contributed by atoms with Crippen LogP contribution in [0.5, 0.6) is 0 Å². The number of hydrogen-bond acceptors (Lipinski definition) is 4. The summed E-state index contributed by atoms with van der Waals surface area (Å²) in [7, 11) is 0. The predicted molar refractivity (Wildman–Crippen MR) is 56.9 cm³/mol. The lowest BCUT2D eigenvalue weighted by atomic mass is 10.2. The lowest BCUT2D eigenvalue weighted by molar-refractivity contribution is -0.122. The second kappa shape index (κ2) is 4.02. The van der Waals surface area contributed by atoms with Crippen molar-refractivity contribution in [2.24, 2.45) is 0 Å². The number of anilines is 1. The lowest BCUT2D eigenvalue weighted by Crippen LogP contribution is -2.54. The van der Waals surface area contributed by atoms with Crippen LogP contribution in [0.1, 0.15) is 6.92 Å². The van der Waals surface area contributed by atoms with Crippen molar-refractivity contribution in [1.82, 2.24) is 15.3 Å². The van der Waals surface area contributed by atoms with Gasteiger partial charge >= 0.3 is 0 Å². The Morgan fingerprint density at radius 2 is 2.47 bits per heavy atom. The van der Waals surface area contributed by atoms with Gasteiger partial charge in [-0.2, -0.15) is 0 Å². The molecule has 5 nitrogen and oxygen atoms in total. The molecule has 0 spiro atoms. The van der Waals surface area contributed by atoms with Crippen LogP contribution in [-0.4, -0.2) is 35.0 Å². The molecule has 1 atom stereocenters. The van der Waals surface area contributed by atoms with Crippen LogP contribution in [0.4, 0.5) is 5.82 Å². The Labute approximate surface area is 92.5 Å². The van der Waals surface area contributed by atoms with Crippen molar-refractivity contribution in [1.29, 1.82) is 0 Å². The molecule has 1 fully saturated rings. The molecule has 6 heteroatoms. The van der Waals surface area contributed by atoms with E-state index in [1.165, 1.54) is 0 Å². The number of nitrogens with one attached hydrogen (secondary N) is 1. The predicted octanol–water partition coefficient (Wildman–Crippen LogP) is 0.455. The quantitative estimate of drug-likeness (QED) is 0.707. The van der Waals surface area contributed by atoms with E-state index in [1.807, 2.05) is 11.8 Å².